The molecule has 5 heteroatoms. The lowest BCUT2D eigenvalue weighted by Gasteiger charge is -2.27. The highest BCUT2D eigenvalue weighted by Gasteiger charge is 2.48. The zero-order valence-corrected chi connectivity index (χ0v) is 22.0. The number of para-hydroxylation sites is 1. The molecule has 1 unspecified atom stereocenters. The van der Waals surface area contributed by atoms with E-state index in [1.165, 1.54) is 4.90 Å². The Morgan fingerprint density at radius 1 is 0.917 bits per heavy atom. The van der Waals surface area contributed by atoms with Crippen molar-refractivity contribution < 1.29 is 19.4 Å². The van der Waals surface area contributed by atoms with Gasteiger partial charge in [-0.05, 0) is 72.7 Å². The number of nitrogens with zero attached hydrogens (tertiary/aromatic N) is 1. The van der Waals surface area contributed by atoms with Gasteiger partial charge in [0.05, 0.1) is 18.7 Å². The number of Topliss-reactive ketones (excluding diaryl/α,β-unsaturated/α-hetero) is 1. The van der Waals surface area contributed by atoms with Gasteiger partial charge in [0.15, 0.2) is 0 Å². The van der Waals surface area contributed by atoms with Gasteiger partial charge in [0.2, 0.25) is 0 Å². The summed E-state index contributed by atoms with van der Waals surface area (Å²) in [6.07, 6.45) is 0. The van der Waals surface area contributed by atoms with Gasteiger partial charge in [-0.15, -0.1) is 0 Å². The molecule has 3 aromatic carbocycles. The Kier molecular flexibility index (Phi) is 6.52. The quantitative estimate of drug-likeness (QED) is 0.260. The van der Waals surface area contributed by atoms with Gasteiger partial charge in [0.1, 0.15) is 11.5 Å². The maximum atomic E-state index is 13.6. The van der Waals surface area contributed by atoms with Gasteiger partial charge in [-0.2, -0.15) is 0 Å². The maximum Gasteiger partial charge on any atom is 0.300 e. The van der Waals surface area contributed by atoms with Crippen molar-refractivity contribution in [3.8, 4) is 5.75 Å². The highest BCUT2D eigenvalue weighted by molar-refractivity contribution is 6.51. The second-order valence-electron chi connectivity index (χ2n) is 10.5. The molecular formula is C31H33NO4. The average Bonchev–Trinajstić information content (AvgIpc) is 3.07. The number of amides is 1. The first-order valence-electron chi connectivity index (χ1n) is 12.1. The number of carbonyl (C=O) groups is 2. The molecule has 0 aromatic heterocycles. The Labute approximate surface area is 213 Å². The normalized spacial score (nSPS) is 17.5. The molecule has 0 aliphatic carbocycles. The first-order chi connectivity index (χ1) is 16.9. The minimum Gasteiger partial charge on any atom is -0.507 e. The Hall–Kier alpha value is -3.86. The lowest BCUT2D eigenvalue weighted by molar-refractivity contribution is -0.132. The molecule has 0 bridgehead atoms. The summed E-state index contributed by atoms with van der Waals surface area (Å²) in [5, 5.41) is 11.7. The molecule has 36 heavy (non-hydrogen) atoms. The predicted molar refractivity (Wildman–Crippen MR) is 144 cm³/mol. The number of anilines is 1. The fourth-order valence-corrected chi connectivity index (χ4v) is 4.86. The number of ketones is 1. The van der Waals surface area contributed by atoms with Crippen molar-refractivity contribution in [2.45, 2.75) is 53.0 Å². The van der Waals surface area contributed by atoms with Crippen LogP contribution in [0.25, 0.3) is 5.76 Å². The third-order valence-corrected chi connectivity index (χ3v) is 6.72. The van der Waals surface area contributed by atoms with E-state index in [0.717, 1.165) is 22.3 Å². The molecule has 1 fully saturated rings. The van der Waals surface area contributed by atoms with Crippen molar-refractivity contribution in [2.24, 2.45) is 0 Å². The van der Waals surface area contributed by atoms with E-state index in [-0.39, 0.29) is 16.7 Å². The van der Waals surface area contributed by atoms with Gasteiger partial charge < -0.3 is 9.84 Å². The van der Waals surface area contributed by atoms with E-state index in [0.29, 0.717) is 22.6 Å². The van der Waals surface area contributed by atoms with Crippen molar-refractivity contribution in [2.75, 3.05) is 12.0 Å². The third kappa shape index (κ3) is 4.41. The van der Waals surface area contributed by atoms with Gasteiger partial charge >= 0.3 is 0 Å². The molecule has 5 nitrogen and oxygen atoms in total. The van der Waals surface area contributed by atoms with Crippen LogP contribution in [0.5, 0.6) is 5.75 Å². The summed E-state index contributed by atoms with van der Waals surface area (Å²) in [5.41, 5.74) is 5.45. The molecule has 4 rings (SSSR count). The van der Waals surface area contributed by atoms with Crippen LogP contribution in [0, 0.1) is 20.8 Å². The number of carbonyl (C=O) groups excluding carboxylic acids is 2. The SMILES string of the molecule is COc1ccccc1C1/C(=C(\O)c2cc(C(C)(C)C)ccc2C)C(=O)C(=O)N1c1cc(C)cc(C)c1. The van der Waals surface area contributed by atoms with Crippen LogP contribution in [0.4, 0.5) is 5.69 Å². The van der Waals surface area contributed by atoms with E-state index < -0.39 is 17.7 Å². The predicted octanol–water partition coefficient (Wildman–Crippen LogP) is 6.54. The maximum absolute atomic E-state index is 13.6. The van der Waals surface area contributed by atoms with Crippen molar-refractivity contribution >= 4 is 23.1 Å². The summed E-state index contributed by atoms with van der Waals surface area (Å²) >= 11 is 0. The van der Waals surface area contributed by atoms with Gasteiger partial charge in [0, 0.05) is 16.8 Å². The van der Waals surface area contributed by atoms with Crippen LogP contribution in [0.1, 0.15) is 60.2 Å². The fourth-order valence-electron chi connectivity index (χ4n) is 4.86. The van der Waals surface area contributed by atoms with Crippen LogP contribution >= 0.6 is 0 Å². The van der Waals surface area contributed by atoms with Gasteiger partial charge in [-0.1, -0.05) is 57.2 Å². The Balaban J connectivity index is 2.04. The van der Waals surface area contributed by atoms with Crippen LogP contribution in [-0.2, 0) is 15.0 Å². The number of aliphatic hydroxyl groups is 1. The number of ether oxygens (including phenoxy) is 1. The number of aliphatic hydroxyl groups excluding tert-OH is 1. The molecule has 1 saturated heterocycles. The van der Waals surface area contributed by atoms with Crippen molar-refractivity contribution in [1.82, 2.24) is 0 Å². The second-order valence-corrected chi connectivity index (χ2v) is 10.5. The van der Waals surface area contributed by atoms with Crippen LogP contribution in [-0.4, -0.2) is 23.9 Å². The zero-order chi connectivity index (χ0) is 26.4. The van der Waals surface area contributed by atoms with E-state index in [9.17, 15) is 14.7 Å². The van der Waals surface area contributed by atoms with Crippen LogP contribution < -0.4 is 9.64 Å². The molecule has 0 spiro atoms. The van der Waals surface area contributed by atoms with Gasteiger partial charge in [-0.3, -0.25) is 14.5 Å². The summed E-state index contributed by atoms with van der Waals surface area (Å²) in [4.78, 5) is 28.6. The second kappa shape index (κ2) is 9.30. The third-order valence-electron chi connectivity index (χ3n) is 6.72. The molecule has 0 saturated carbocycles. The number of hydrogen-bond acceptors (Lipinski definition) is 4. The van der Waals surface area contributed by atoms with Crippen molar-refractivity contribution in [3.63, 3.8) is 0 Å². The van der Waals surface area contributed by atoms with Gasteiger partial charge in [-0.25, -0.2) is 0 Å². The number of methoxy groups -OCH3 is 1. The van der Waals surface area contributed by atoms with E-state index >= 15 is 0 Å². The zero-order valence-electron chi connectivity index (χ0n) is 22.0. The lowest BCUT2D eigenvalue weighted by atomic mass is 9.84. The summed E-state index contributed by atoms with van der Waals surface area (Å²) in [6, 6.07) is 18.1. The fraction of sp³-hybridized carbons (Fsp3) is 0.290. The lowest BCUT2D eigenvalue weighted by Crippen LogP contribution is -2.29. The largest absolute Gasteiger partial charge is 0.507 e. The molecule has 186 valence electrons. The van der Waals surface area contributed by atoms with E-state index in [1.807, 2.05) is 75.4 Å². The smallest absolute Gasteiger partial charge is 0.300 e. The minimum absolute atomic E-state index is 0.0535. The highest BCUT2D eigenvalue weighted by atomic mass is 16.5. The summed E-state index contributed by atoms with van der Waals surface area (Å²) in [7, 11) is 1.55. The summed E-state index contributed by atoms with van der Waals surface area (Å²) in [5.74, 6) is -1.05. The number of rotatable bonds is 4. The standard InChI is InChI=1S/C31H33NO4/c1-18-14-19(2)16-22(15-18)32-27(23-10-8-9-11-25(23)36-7)26(29(34)30(32)35)28(33)24-17-21(31(4,5)6)13-12-20(24)3/h8-17,27,33H,1-7H3/b28-26+. The Morgan fingerprint density at radius 2 is 1.56 bits per heavy atom. The molecule has 3 aromatic rings. The van der Waals surface area contributed by atoms with Crippen LogP contribution in [0.2, 0.25) is 0 Å². The molecule has 1 aliphatic rings. The highest BCUT2D eigenvalue weighted by Crippen LogP contribution is 2.45. The van der Waals surface area contributed by atoms with Gasteiger partial charge in [0.25, 0.3) is 11.7 Å². The van der Waals surface area contributed by atoms with Crippen molar-refractivity contribution in [3.05, 3.63) is 99.6 Å². The topological polar surface area (TPSA) is 66.8 Å². The summed E-state index contributed by atoms with van der Waals surface area (Å²) in [6.45, 7) is 12.1. The van der Waals surface area contributed by atoms with Crippen LogP contribution in [0.15, 0.2) is 66.2 Å². The molecule has 1 heterocycles. The minimum atomic E-state index is -0.847. The van der Waals surface area contributed by atoms with Crippen molar-refractivity contribution in [1.29, 1.82) is 0 Å². The van der Waals surface area contributed by atoms with E-state index in [1.54, 1.807) is 13.2 Å². The number of hydrogen-bond donors (Lipinski definition) is 1. The Morgan fingerprint density at radius 3 is 2.17 bits per heavy atom. The molecule has 1 amide bonds. The van der Waals surface area contributed by atoms with E-state index in [2.05, 4.69) is 20.8 Å². The first-order valence-corrected chi connectivity index (χ1v) is 12.1. The average molecular weight is 484 g/mol. The Bertz CT molecular complexity index is 1370. The monoisotopic (exact) mass is 483 g/mol. The molecule has 1 aliphatic heterocycles. The number of benzene rings is 3. The molecule has 1 atom stereocenters. The molecule has 1 N–H and O–H groups in total. The number of aryl methyl sites for hydroxylation is 3. The van der Waals surface area contributed by atoms with E-state index in [4.69, 9.17) is 4.74 Å². The molecule has 0 radical (unpaired) electrons. The molecular weight excluding hydrogens is 450 g/mol. The summed E-state index contributed by atoms with van der Waals surface area (Å²) < 4.78 is 5.63. The first kappa shape index (κ1) is 25.2. The van der Waals surface area contributed by atoms with Crippen LogP contribution in [0.3, 0.4) is 0 Å².